The number of carbonyl (C=O) groups excluding carboxylic acids is 1. The van der Waals surface area contributed by atoms with E-state index in [0.29, 0.717) is 18.7 Å². The zero-order valence-corrected chi connectivity index (χ0v) is 11.2. The maximum Gasteiger partial charge on any atom is 0.224 e. The van der Waals surface area contributed by atoms with Crippen molar-refractivity contribution in [1.82, 2.24) is 5.32 Å². The van der Waals surface area contributed by atoms with Crippen molar-refractivity contribution in [2.45, 2.75) is 12.8 Å². The molecule has 4 N–H and O–H groups in total. The van der Waals surface area contributed by atoms with Crippen LogP contribution in [0.5, 0.6) is 5.75 Å². The van der Waals surface area contributed by atoms with E-state index in [1.807, 2.05) is 24.3 Å². The summed E-state index contributed by atoms with van der Waals surface area (Å²) < 4.78 is 0. The maximum atomic E-state index is 11.8. The molecule has 4 heteroatoms. The molecular weight excluding hydrogens is 252 g/mol. The van der Waals surface area contributed by atoms with E-state index in [2.05, 4.69) is 5.32 Å². The van der Waals surface area contributed by atoms with E-state index in [1.54, 1.807) is 24.3 Å². The first-order valence-electron chi connectivity index (χ1n) is 6.52. The third-order valence-corrected chi connectivity index (χ3v) is 2.99. The molecule has 0 saturated heterocycles. The fourth-order valence-electron chi connectivity index (χ4n) is 1.96. The van der Waals surface area contributed by atoms with Gasteiger partial charge in [-0.25, -0.2) is 0 Å². The van der Waals surface area contributed by atoms with Gasteiger partial charge in [0.1, 0.15) is 5.75 Å². The number of carbonyl (C=O) groups is 1. The van der Waals surface area contributed by atoms with Crippen LogP contribution in [-0.4, -0.2) is 17.6 Å². The molecule has 0 unspecified atom stereocenters. The Morgan fingerprint density at radius 1 is 1.10 bits per heavy atom. The Balaban J connectivity index is 1.76. The number of hydrogen-bond acceptors (Lipinski definition) is 3. The van der Waals surface area contributed by atoms with E-state index in [1.165, 1.54) is 0 Å². The van der Waals surface area contributed by atoms with Crippen LogP contribution in [0.1, 0.15) is 11.1 Å². The molecule has 2 rings (SSSR count). The lowest BCUT2D eigenvalue weighted by Crippen LogP contribution is -2.27. The fraction of sp³-hybridized carbons (Fsp3) is 0.188. The number of rotatable bonds is 5. The lowest BCUT2D eigenvalue weighted by molar-refractivity contribution is -0.120. The third-order valence-electron chi connectivity index (χ3n) is 2.99. The summed E-state index contributed by atoms with van der Waals surface area (Å²) in [6.07, 6.45) is 1.07. The van der Waals surface area contributed by atoms with Gasteiger partial charge >= 0.3 is 0 Å². The molecule has 0 aliphatic rings. The highest BCUT2D eigenvalue weighted by molar-refractivity contribution is 5.78. The SMILES string of the molecule is Nc1cccc(CC(=O)NCCc2ccc(O)cc2)c1. The molecule has 0 fully saturated rings. The Hall–Kier alpha value is -2.49. The van der Waals surface area contributed by atoms with Crippen molar-refractivity contribution >= 4 is 11.6 Å². The van der Waals surface area contributed by atoms with Crippen molar-refractivity contribution in [1.29, 1.82) is 0 Å². The summed E-state index contributed by atoms with van der Waals surface area (Å²) in [6, 6.07) is 14.3. The molecule has 0 spiro atoms. The van der Waals surface area contributed by atoms with E-state index >= 15 is 0 Å². The molecule has 0 radical (unpaired) electrons. The summed E-state index contributed by atoms with van der Waals surface area (Å²) in [7, 11) is 0. The molecule has 0 bridgehead atoms. The van der Waals surface area contributed by atoms with Gasteiger partial charge in [0.25, 0.3) is 0 Å². The second-order valence-electron chi connectivity index (χ2n) is 4.69. The summed E-state index contributed by atoms with van der Waals surface area (Å²) in [5, 5.41) is 12.0. The molecule has 4 nitrogen and oxygen atoms in total. The van der Waals surface area contributed by atoms with Gasteiger partial charge in [0.15, 0.2) is 0 Å². The van der Waals surface area contributed by atoms with E-state index in [9.17, 15) is 9.90 Å². The number of benzene rings is 2. The number of nitrogen functional groups attached to an aromatic ring is 1. The first kappa shape index (κ1) is 13.9. The minimum absolute atomic E-state index is 0.0191. The van der Waals surface area contributed by atoms with Crippen LogP contribution in [0.25, 0.3) is 0 Å². The highest BCUT2D eigenvalue weighted by atomic mass is 16.3. The minimum Gasteiger partial charge on any atom is -0.508 e. The standard InChI is InChI=1S/C16H18N2O2/c17-14-3-1-2-13(10-14)11-16(20)18-9-8-12-4-6-15(19)7-5-12/h1-7,10,19H,8-9,11,17H2,(H,18,20). The molecule has 0 saturated carbocycles. The molecule has 0 atom stereocenters. The van der Waals surface area contributed by atoms with Crippen LogP contribution in [0.4, 0.5) is 5.69 Å². The monoisotopic (exact) mass is 270 g/mol. The minimum atomic E-state index is -0.0191. The normalized spacial score (nSPS) is 10.2. The zero-order valence-electron chi connectivity index (χ0n) is 11.2. The number of amides is 1. The number of anilines is 1. The van der Waals surface area contributed by atoms with Gasteiger partial charge in [0, 0.05) is 12.2 Å². The van der Waals surface area contributed by atoms with Crippen molar-refractivity contribution in [3.8, 4) is 5.75 Å². The predicted molar refractivity (Wildman–Crippen MR) is 79.4 cm³/mol. The lowest BCUT2D eigenvalue weighted by atomic mass is 10.1. The average molecular weight is 270 g/mol. The topological polar surface area (TPSA) is 75.4 Å². The van der Waals surface area contributed by atoms with Crippen LogP contribution in [0.15, 0.2) is 48.5 Å². The predicted octanol–water partition coefficient (Wildman–Crippen LogP) is 1.88. The Bertz CT molecular complexity index is 579. The van der Waals surface area contributed by atoms with E-state index in [4.69, 9.17) is 5.73 Å². The van der Waals surface area contributed by atoms with Crippen molar-refractivity contribution in [2.24, 2.45) is 0 Å². The first-order chi connectivity index (χ1) is 9.63. The second kappa shape index (κ2) is 6.61. The Morgan fingerprint density at radius 3 is 2.55 bits per heavy atom. The number of aromatic hydroxyl groups is 1. The van der Waals surface area contributed by atoms with E-state index in [-0.39, 0.29) is 11.7 Å². The van der Waals surface area contributed by atoms with Crippen LogP contribution in [0.3, 0.4) is 0 Å². The van der Waals surface area contributed by atoms with Gasteiger partial charge in [-0.3, -0.25) is 4.79 Å². The maximum absolute atomic E-state index is 11.8. The molecule has 2 aromatic rings. The molecule has 0 aliphatic carbocycles. The summed E-state index contributed by atoms with van der Waals surface area (Å²) >= 11 is 0. The lowest BCUT2D eigenvalue weighted by Gasteiger charge is -2.06. The quantitative estimate of drug-likeness (QED) is 0.726. The molecule has 0 aromatic heterocycles. The highest BCUT2D eigenvalue weighted by Crippen LogP contribution is 2.10. The van der Waals surface area contributed by atoms with Crippen LogP contribution in [0.2, 0.25) is 0 Å². The summed E-state index contributed by atoms with van der Waals surface area (Å²) in [6.45, 7) is 0.575. The molecule has 2 aromatic carbocycles. The third kappa shape index (κ3) is 4.31. The number of phenols is 1. The van der Waals surface area contributed by atoms with Crippen LogP contribution < -0.4 is 11.1 Å². The number of hydrogen-bond donors (Lipinski definition) is 3. The molecule has 0 aliphatic heterocycles. The van der Waals surface area contributed by atoms with Gasteiger partial charge in [-0.05, 0) is 41.8 Å². The highest BCUT2D eigenvalue weighted by Gasteiger charge is 2.03. The Kier molecular flexibility index (Phi) is 4.60. The van der Waals surface area contributed by atoms with E-state index in [0.717, 1.165) is 17.5 Å². The number of phenolic OH excluding ortho intramolecular Hbond substituents is 1. The fourth-order valence-corrected chi connectivity index (χ4v) is 1.96. The first-order valence-corrected chi connectivity index (χ1v) is 6.52. The second-order valence-corrected chi connectivity index (χ2v) is 4.69. The Morgan fingerprint density at radius 2 is 1.85 bits per heavy atom. The molecule has 1 amide bonds. The van der Waals surface area contributed by atoms with Gasteiger partial charge in [0.2, 0.25) is 5.91 Å². The van der Waals surface area contributed by atoms with Gasteiger partial charge in [0.05, 0.1) is 6.42 Å². The zero-order chi connectivity index (χ0) is 14.4. The van der Waals surface area contributed by atoms with E-state index < -0.39 is 0 Å². The molecule has 0 heterocycles. The molecule has 104 valence electrons. The van der Waals surface area contributed by atoms with Crippen molar-refractivity contribution in [2.75, 3.05) is 12.3 Å². The summed E-state index contributed by atoms with van der Waals surface area (Å²) in [4.78, 5) is 11.8. The van der Waals surface area contributed by atoms with Gasteiger partial charge in [-0.15, -0.1) is 0 Å². The van der Waals surface area contributed by atoms with Crippen LogP contribution >= 0.6 is 0 Å². The van der Waals surface area contributed by atoms with Crippen LogP contribution in [-0.2, 0) is 17.6 Å². The average Bonchev–Trinajstić information content (AvgIpc) is 2.41. The molecular formula is C16H18N2O2. The van der Waals surface area contributed by atoms with Crippen molar-refractivity contribution < 1.29 is 9.90 Å². The molecule has 20 heavy (non-hydrogen) atoms. The van der Waals surface area contributed by atoms with Crippen molar-refractivity contribution in [3.63, 3.8) is 0 Å². The summed E-state index contributed by atoms with van der Waals surface area (Å²) in [5.41, 5.74) is 8.32. The number of nitrogens with two attached hydrogens (primary N) is 1. The van der Waals surface area contributed by atoms with Crippen LogP contribution in [0, 0.1) is 0 Å². The largest absolute Gasteiger partial charge is 0.508 e. The smallest absolute Gasteiger partial charge is 0.224 e. The van der Waals surface area contributed by atoms with Gasteiger partial charge in [-0.1, -0.05) is 24.3 Å². The summed E-state index contributed by atoms with van der Waals surface area (Å²) in [5.74, 6) is 0.230. The van der Waals surface area contributed by atoms with Gasteiger partial charge in [-0.2, -0.15) is 0 Å². The number of nitrogens with one attached hydrogen (secondary N) is 1. The van der Waals surface area contributed by atoms with Crippen molar-refractivity contribution in [3.05, 3.63) is 59.7 Å². The Labute approximate surface area is 118 Å². The van der Waals surface area contributed by atoms with Gasteiger partial charge < -0.3 is 16.2 Å².